The second kappa shape index (κ2) is 62.1. The maximum absolute atomic E-state index is 2.00. The van der Waals surface area contributed by atoms with Gasteiger partial charge in [-0.15, -0.1) is 12.0 Å². The second-order valence-electron chi connectivity index (χ2n) is 0.962. The Hall–Kier alpha value is -0.455. The van der Waals surface area contributed by atoms with Crippen molar-refractivity contribution in [1.82, 2.24) is 0 Å². The number of allylic oxidation sites excluding steroid dienone is 2. The highest BCUT2D eigenvalue weighted by Gasteiger charge is 1.75. The first-order valence-electron chi connectivity index (χ1n) is 5.67. The molecular formula is C12H28B. The summed E-state index contributed by atoms with van der Waals surface area (Å²) in [6.07, 6.45) is 4.00. The molecule has 0 nitrogen and oxygen atoms in total. The Morgan fingerprint density at radius 2 is 0.769 bits per heavy atom. The van der Waals surface area contributed by atoms with Crippen LogP contribution in [0.25, 0.3) is 0 Å². The highest BCUT2D eigenvalue weighted by atomic mass is 13.6. The summed E-state index contributed by atoms with van der Waals surface area (Å²) in [4.78, 5) is 0. The smallest absolute Gasteiger partial charge is 0.117 e. The van der Waals surface area contributed by atoms with E-state index in [2.05, 4.69) is 0 Å². The molecule has 1 radical (unpaired) electrons. The summed E-state index contributed by atoms with van der Waals surface area (Å²) < 4.78 is 0. The average Bonchev–Trinajstić information content (AvgIpc) is 2.87. The fraction of sp³-hybridized carbons (Fsp3) is 0.667. The molecule has 0 saturated heterocycles. The van der Waals surface area contributed by atoms with Gasteiger partial charge in [-0.05, 0) is 0 Å². The van der Waals surface area contributed by atoms with Crippen LogP contribution in [0.1, 0.15) is 55.4 Å². The van der Waals surface area contributed by atoms with Crippen molar-refractivity contribution >= 4 is 7.28 Å². The first-order chi connectivity index (χ1) is 6.50. The van der Waals surface area contributed by atoms with Crippen LogP contribution in [0.2, 0.25) is 0 Å². The van der Waals surface area contributed by atoms with Gasteiger partial charge in [0, 0.05) is 0 Å². The summed E-state index contributed by atoms with van der Waals surface area (Å²) >= 11 is 0. The SMILES string of the molecule is CC.CC.CC.CC.[B]1C=CC=C1. The molecule has 0 saturated carbocycles. The maximum Gasteiger partial charge on any atom is 0.171 e. The molecule has 0 fully saturated rings. The minimum absolute atomic E-state index is 2.00. The molecule has 0 atom stereocenters. The largest absolute Gasteiger partial charge is 0.171 e. The molecule has 1 heteroatoms. The Morgan fingerprint density at radius 3 is 0.846 bits per heavy atom. The van der Waals surface area contributed by atoms with Crippen molar-refractivity contribution < 1.29 is 0 Å². The van der Waals surface area contributed by atoms with E-state index >= 15 is 0 Å². The Labute approximate surface area is 87.4 Å². The lowest BCUT2D eigenvalue weighted by atomic mass is 9.83. The number of rotatable bonds is 0. The van der Waals surface area contributed by atoms with Gasteiger partial charge in [0.1, 0.15) is 0 Å². The average molecular weight is 183 g/mol. The summed E-state index contributed by atoms with van der Waals surface area (Å²) in [6, 6.07) is 0. The summed E-state index contributed by atoms with van der Waals surface area (Å²) in [5, 5.41) is 0. The molecule has 1 aliphatic rings. The molecular weight excluding hydrogens is 155 g/mol. The molecule has 0 spiro atoms. The monoisotopic (exact) mass is 183 g/mol. The van der Waals surface area contributed by atoms with E-state index in [0.717, 1.165) is 0 Å². The molecule has 1 aliphatic heterocycles. The Balaban J connectivity index is -0.0000000445. The third kappa shape index (κ3) is 50.9. The molecule has 0 unspecified atom stereocenters. The number of hydrogen-bond acceptors (Lipinski definition) is 0. The zero-order valence-corrected chi connectivity index (χ0v) is 10.9. The summed E-state index contributed by atoms with van der Waals surface area (Å²) in [6.45, 7) is 16.0. The Kier molecular flexibility index (Phi) is 109. The van der Waals surface area contributed by atoms with E-state index in [1.807, 2.05) is 86.8 Å². The van der Waals surface area contributed by atoms with Gasteiger partial charge in [-0.2, -0.15) is 0 Å². The standard InChI is InChI=1S/C4H4B.4C2H6/c1-2-4-5-3-1;4*1-2/h1-4H;4*1-2H3. The van der Waals surface area contributed by atoms with Crippen molar-refractivity contribution in [3.8, 4) is 0 Å². The maximum atomic E-state index is 2.00. The van der Waals surface area contributed by atoms with Crippen LogP contribution < -0.4 is 0 Å². The van der Waals surface area contributed by atoms with Crippen molar-refractivity contribution in [1.29, 1.82) is 0 Å². The van der Waals surface area contributed by atoms with E-state index < -0.39 is 0 Å². The van der Waals surface area contributed by atoms with E-state index in [0.29, 0.717) is 0 Å². The molecule has 0 aromatic heterocycles. The van der Waals surface area contributed by atoms with Crippen LogP contribution >= 0.6 is 0 Å². The summed E-state index contributed by atoms with van der Waals surface area (Å²) in [5.41, 5.74) is 0. The van der Waals surface area contributed by atoms with Crippen LogP contribution in [0.5, 0.6) is 0 Å². The lowest BCUT2D eigenvalue weighted by Gasteiger charge is -1.51. The first-order valence-corrected chi connectivity index (χ1v) is 5.67. The molecule has 0 aromatic carbocycles. The van der Waals surface area contributed by atoms with E-state index in [4.69, 9.17) is 0 Å². The molecule has 0 aliphatic carbocycles. The van der Waals surface area contributed by atoms with Crippen LogP contribution in [0, 0.1) is 0 Å². The van der Waals surface area contributed by atoms with Gasteiger partial charge in [0.15, 0.2) is 7.28 Å². The van der Waals surface area contributed by atoms with E-state index in [9.17, 15) is 0 Å². The minimum atomic E-state index is 2.00. The van der Waals surface area contributed by atoms with Crippen molar-refractivity contribution in [2.24, 2.45) is 0 Å². The van der Waals surface area contributed by atoms with Gasteiger partial charge >= 0.3 is 0 Å². The van der Waals surface area contributed by atoms with E-state index in [1.165, 1.54) is 0 Å². The Morgan fingerprint density at radius 1 is 0.538 bits per heavy atom. The zero-order valence-electron chi connectivity index (χ0n) is 10.9. The molecule has 0 bridgehead atoms. The summed E-state index contributed by atoms with van der Waals surface area (Å²) in [7, 11) is 2.00. The molecule has 79 valence electrons. The molecule has 13 heavy (non-hydrogen) atoms. The van der Waals surface area contributed by atoms with Crippen molar-refractivity contribution in [3.63, 3.8) is 0 Å². The normalized spacial score (nSPS) is 8.00. The van der Waals surface area contributed by atoms with Gasteiger partial charge in [0.05, 0.1) is 0 Å². The quantitative estimate of drug-likeness (QED) is 0.471. The summed E-state index contributed by atoms with van der Waals surface area (Å²) in [5.74, 6) is 4.00. The van der Waals surface area contributed by atoms with Crippen LogP contribution in [0.4, 0.5) is 0 Å². The van der Waals surface area contributed by atoms with Gasteiger partial charge in [-0.25, -0.2) is 0 Å². The predicted molar refractivity (Wildman–Crippen MR) is 69.4 cm³/mol. The fourth-order valence-electron chi connectivity index (χ4n) is 0.321. The van der Waals surface area contributed by atoms with Gasteiger partial charge in [-0.3, -0.25) is 0 Å². The predicted octanol–water partition coefficient (Wildman–Crippen LogP) is 4.84. The second-order valence-corrected chi connectivity index (χ2v) is 0.962. The molecule has 0 amide bonds. The zero-order chi connectivity index (χ0) is 11.5. The third-order valence-electron chi connectivity index (χ3n) is 0.556. The number of hydrogen-bond donors (Lipinski definition) is 0. The van der Waals surface area contributed by atoms with E-state index in [-0.39, 0.29) is 0 Å². The Bertz CT molecular complexity index is 63.2. The third-order valence-corrected chi connectivity index (χ3v) is 0.556. The van der Waals surface area contributed by atoms with Gasteiger partial charge in [0.2, 0.25) is 0 Å². The van der Waals surface area contributed by atoms with Crippen LogP contribution in [0.15, 0.2) is 24.1 Å². The van der Waals surface area contributed by atoms with Gasteiger partial charge in [0.25, 0.3) is 0 Å². The topological polar surface area (TPSA) is 0 Å². The first kappa shape index (κ1) is 22.9. The minimum Gasteiger partial charge on any atom is -0.117 e. The van der Waals surface area contributed by atoms with E-state index in [1.54, 1.807) is 0 Å². The van der Waals surface area contributed by atoms with Crippen molar-refractivity contribution in [2.75, 3.05) is 0 Å². The van der Waals surface area contributed by atoms with Gasteiger partial charge in [-0.1, -0.05) is 67.5 Å². The lowest BCUT2D eigenvalue weighted by Crippen LogP contribution is -1.63. The molecule has 0 aromatic rings. The fourth-order valence-corrected chi connectivity index (χ4v) is 0.321. The molecule has 1 heterocycles. The highest BCUT2D eigenvalue weighted by Crippen LogP contribution is 1.82. The van der Waals surface area contributed by atoms with Crippen LogP contribution in [-0.4, -0.2) is 7.28 Å². The van der Waals surface area contributed by atoms with Crippen molar-refractivity contribution in [2.45, 2.75) is 55.4 Å². The highest BCUT2D eigenvalue weighted by molar-refractivity contribution is 6.49. The van der Waals surface area contributed by atoms with Crippen molar-refractivity contribution in [3.05, 3.63) is 24.1 Å². The molecule has 1 rings (SSSR count). The van der Waals surface area contributed by atoms with Crippen LogP contribution in [0.3, 0.4) is 0 Å². The van der Waals surface area contributed by atoms with Gasteiger partial charge < -0.3 is 0 Å². The van der Waals surface area contributed by atoms with Crippen LogP contribution in [-0.2, 0) is 0 Å². The lowest BCUT2D eigenvalue weighted by molar-refractivity contribution is 1.50. The molecule has 0 N–H and O–H groups in total.